The maximum absolute atomic E-state index is 12.2. The number of aryl methyl sites for hydroxylation is 1. The normalized spacial score (nSPS) is 11.5. The van der Waals surface area contributed by atoms with Crippen molar-refractivity contribution >= 4 is 23.5 Å². The minimum absolute atomic E-state index is 0.0728. The van der Waals surface area contributed by atoms with E-state index in [1.807, 2.05) is 31.2 Å². The van der Waals surface area contributed by atoms with Crippen molar-refractivity contribution in [3.63, 3.8) is 0 Å². The average Bonchev–Trinajstić information content (AvgIpc) is 2.63. The van der Waals surface area contributed by atoms with E-state index in [0.29, 0.717) is 10.8 Å². The molecule has 2 aromatic rings. The van der Waals surface area contributed by atoms with E-state index < -0.39 is 6.04 Å². The van der Waals surface area contributed by atoms with Crippen LogP contribution in [0.5, 0.6) is 5.75 Å². The molecule has 0 fully saturated rings. The molecule has 1 unspecified atom stereocenters. The predicted molar refractivity (Wildman–Crippen MR) is 100 cm³/mol. The monoisotopic (exact) mass is 375 g/mol. The lowest BCUT2D eigenvalue weighted by atomic mass is 10.0. The van der Waals surface area contributed by atoms with E-state index in [4.69, 9.17) is 21.1 Å². The molecular weight excluding hydrogens is 354 g/mol. The minimum atomic E-state index is -0.439. The first-order valence-electron chi connectivity index (χ1n) is 8.29. The Balaban J connectivity index is 1.91. The first-order valence-corrected chi connectivity index (χ1v) is 8.67. The summed E-state index contributed by atoms with van der Waals surface area (Å²) in [5.41, 5.74) is 1.96. The highest BCUT2D eigenvalue weighted by atomic mass is 35.5. The Morgan fingerprint density at radius 3 is 2.35 bits per heavy atom. The zero-order chi connectivity index (χ0) is 18.9. The van der Waals surface area contributed by atoms with Crippen LogP contribution in [0.25, 0.3) is 0 Å². The molecule has 0 bridgehead atoms. The number of benzene rings is 2. The minimum Gasteiger partial charge on any atom is -0.493 e. The Morgan fingerprint density at radius 1 is 1.08 bits per heavy atom. The molecule has 138 valence electrons. The number of esters is 1. The van der Waals surface area contributed by atoms with Gasteiger partial charge in [-0.3, -0.25) is 9.59 Å². The third-order valence-electron chi connectivity index (χ3n) is 3.82. The quantitative estimate of drug-likeness (QED) is 0.712. The molecule has 0 saturated heterocycles. The van der Waals surface area contributed by atoms with Crippen molar-refractivity contribution in [1.29, 1.82) is 0 Å². The summed E-state index contributed by atoms with van der Waals surface area (Å²) in [5.74, 6) is 0.0635. The molecule has 0 aliphatic heterocycles. The molecule has 0 spiro atoms. The Labute approximate surface area is 158 Å². The first kappa shape index (κ1) is 19.8. The number of halogens is 1. The molecule has 0 aliphatic carbocycles. The highest BCUT2D eigenvalue weighted by Gasteiger charge is 2.18. The van der Waals surface area contributed by atoms with Crippen molar-refractivity contribution in [2.24, 2.45) is 0 Å². The van der Waals surface area contributed by atoms with Crippen LogP contribution in [-0.4, -0.2) is 25.6 Å². The number of carbonyl (C=O) groups excluding carboxylic acids is 2. The van der Waals surface area contributed by atoms with Crippen molar-refractivity contribution in [3.8, 4) is 5.75 Å². The Kier molecular flexibility index (Phi) is 7.48. The summed E-state index contributed by atoms with van der Waals surface area (Å²) in [6.07, 6.45) is 0.246. The molecule has 0 aliphatic rings. The second-order valence-corrected chi connectivity index (χ2v) is 6.30. The van der Waals surface area contributed by atoms with Crippen LogP contribution in [-0.2, 0) is 14.3 Å². The molecule has 0 saturated carbocycles. The van der Waals surface area contributed by atoms with Gasteiger partial charge in [0.1, 0.15) is 5.75 Å². The van der Waals surface area contributed by atoms with E-state index in [2.05, 4.69) is 5.32 Å². The topological polar surface area (TPSA) is 64.6 Å². The van der Waals surface area contributed by atoms with Gasteiger partial charge in [0.15, 0.2) is 0 Å². The third kappa shape index (κ3) is 6.41. The molecule has 2 rings (SSSR count). The van der Waals surface area contributed by atoms with Gasteiger partial charge in [0, 0.05) is 5.02 Å². The number of hydrogen-bond donors (Lipinski definition) is 1. The predicted octanol–water partition coefficient (Wildman–Crippen LogP) is 3.84. The fraction of sp³-hybridized carbons (Fsp3) is 0.300. The van der Waals surface area contributed by atoms with Crippen molar-refractivity contribution in [1.82, 2.24) is 5.32 Å². The molecule has 26 heavy (non-hydrogen) atoms. The number of rotatable bonds is 8. The molecule has 1 amide bonds. The van der Waals surface area contributed by atoms with Gasteiger partial charge in [-0.15, -0.1) is 0 Å². The second-order valence-electron chi connectivity index (χ2n) is 5.86. The zero-order valence-corrected chi connectivity index (χ0v) is 15.6. The van der Waals surface area contributed by atoms with E-state index in [9.17, 15) is 9.59 Å². The van der Waals surface area contributed by atoms with E-state index in [1.54, 1.807) is 24.3 Å². The van der Waals surface area contributed by atoms with E-state index >= 15 is 0 Å². The summed E-state index contributed by atoms with van der Waals surface area (Å²) in [6, 6.07) is 14.2. The summed E-state index contributed by atoms with van der Waals surface area (Å²) in [6.45, 7) is 2.21. The molecular formula is C20H22ClNO4. The van der Waals surface area contributed by atoms with Gasteiger partial charge in [-0.2, -0.15) is 0 Å². The van der Waals surface area contributed by atoms with Crippen LogP contribution < -0.4 is 10.1 Å². The van der Waals surface area contributed by atoms with Crippen LogP contribution in [0.3, 0.4) is 0 Å². The highest BCUT2D eigenvalue weighted by Crippen LogP contribution is 2.19. The Morgan fingerprint density at radius 2 is 1.73 bits per heavy atom. The van der Waals surface area contributed by atoms with Crippen molar-refractivity contribution in [2.45, 2.75) is 25.8 Å². The molecule has 2 aromatic carbocycles. The molecule has 0 radical (unpaired) electrons. The van der Waals surface area contributed by atoms with Gasteiger partial charge >= 0.3 is 5.97 Å². The number of carbonyl (C=O) groups is 2. The average molecular weight is 376 g/mol. The lowest BCUT2D eigenvalue weighted by molar-refractivity contribution is -0.141. The largest absolute Gasteiger partial charge is 0.493 e. The van der Waals surface area contributed by atoms with Gasteiger partial charge in [-0.1, -0.05) is 41.4 Å². The highest BCUT2D eigenvalue weighted by molar-refractivity contribution is 6.30. The van der Waals surface area contributed by atoms with Gasteiger partial charge in [0.25, 0.3) is 0 Å². The van der Waals surface area contributed by atoms with E-state index in [1.165, 1.54) is 7.11 Å². The van der Waals surface area contributed by atoms with Crippen LogP contribution in [0, 0.1) is 6.92 Å². The number of amides is 1. The molecule has 0 aromatic heterocycles. The Bertz CT molecular complexity index is 728. The summed E-state index contributed by atoms with van der Waals surface area (Å²) in [7, 11) is 1.33. The van der Waals surface area contributed by atoms with Crippen LogP contribution in [0.4, 0.5) is 0 Å². The zero-order valence-electron chi connectivity index (χ0n) is 14.8. The van der Waals surface area contributed by atoms with E-state index in [-0.39, 0.29) is 31.3 Å². The molecule has 1 atom stereocenters. The molecule has 0 heterocycles. The van der Waals surface area contributed by atoms with Crippen molar-refractivity contribution in [2.75, 3.05) is 13.7 Å². The van der Waals surface area contributed by atoms with E-state index in [0.717, 1.165) is 11.1 Å². The van der Waals surface area contributed by atoms with Gasteiger partial charge < -0.3 is 14.8 Å². The summed E-state index contributed by atoms with van der Waals surface area (Å²) in [4.78, 5) is 23.9. The fourth-order valence-corrected chi connectivity index (χ4v) is 2.49. The number of hydrogen-bond acceptors (Lipinski definition) is 4. The first-order chi connectivity index (χ1) is 12.5. The maximum atomic E-state index is 12.2. The number of ether oxygens (including phenoxy) is 2. The molecule has 6 heteroatoms. The van der Waals surface area contributed by atoms with Crippen LogP contribution >= 0.6 is 11.6 Å². The summed E-state index contributed by atoms with van der Waals surface area (Å²) >= 11 is 5.82. The number of nitrogens with one attached hydrogen (secondary N) is 1. The van der Waals surface area contributed by atoms with Gasteiger partial charge in [0.05, 0.1) is 32.6 Å². The van der Waals surface area contributed by atoms with Crippen LogP contribution in [0.1, 0.15) is 30.0 Å². The number of methoxy groups -OCH3 is 1. The van der Waals surface area contributed by atoms with Crippen molar-refractivity contribution < 1.29 is 19.1 Å². The SMILES string of the molecule is COC(=O)CC(NC(=O)CCOc1ccc(Cl)cc1)c1ccc(C)cc1. The lowest BCUT2D eigenvalue weighted by Crippen LogP contribution is -2.31. The fourth-order valence-electron chi connectivity index (χ4n) is 2.36. The van der Waals surface area contributed by atoms with Crippen molar-refractivity contribution in [3.05, 3.63) is 64.7 Å². The Hall–Kier alpha value is -2.53. The van der Waals surface area contributed by atoms with Gasteiger partial charge in [-0.25, -0.2) is 0 Å². The maximum Gasteiger partial charge on any atom is 0.307 e. The van der Waals surface area contributed by atoms with Gasteiger partial charge in [-0.05, 0) is 36.8 Å². The van der Waals surface area contributed by atoms with Crippen LogP contribution in [0.15, 0.2) is 48.5 Å². The standard InChI is InChI=1S/C20H22ClNO4/c1-14-3-5-15(6-4-14)18(13-20(24)25-2)22-19(23)11-12-26-17-9-7-16(21)8-10-17/h3-10,18H,11-13H2,1-2H3,(H,22,23). The molecule has 1 N–H and O–H groups in total. The second kappa shape index (κ2) is 9.82. The lowest BCUT2D eigenvalue weighted by Gasteiger charge is -2.18. The molecule has 5 nitrogen and oxygen atoms in total. The smallest absolute Gasteiger partial charge is 0.307 e. The van der Waals surface area contributed by atoms with Crippen LogP contribution in [0.2, 0.25) is 5.02 Å². The van der Waals surface area contributed by atoms with Gasteiger partial charge in [0.2, 0.25) is 5.91 Å². The summed E-state index contributed by atoms with van der Waals surface area (Å²) in [5, 5.41) is 3.50. The summed E-state index contributed by atoms with van der Waals surface area (Å²) < 4.78 is 10.3. The third-order valence-corrected chi connectivity index (χ3v) is 4.08.